The van der Waals surface area contributed by atoms with E-state index in [1.807, 2.05) is 124 Å². The highest BCUT2D eigenvalue weighted by Crippen LogP contribution is 2.49. The molecule has 0 radical (unpaired) electrons. The standard InChI is InChI=1S/C59H73FN6O6/c1-34(2)42-20-18-21-43(35(3)4)48(42)61-52(67)50(63-54(69)58(28-14-12-15-29-58)65(56(63)71)41-26-25-39(10)46(60)33-41)51(53(68)62-49-44(36(5)6)22-19-23-45(49)37(7)8)64-55(70)59(30-16-13-17-31-59)66(57(64)72)47-27-24-38(9)32-40(47)11/h18-27,32-37,50-51H,12-17,28-31H2,1-11H3,(H,61,67)(H,62,68). The number of hydrogen-bond acceptors (Lipinski definition) is 6. The van der Waals surface area contributed by atoms with Gasteiger partial charge in [0.05, 0.1) is 0 Å². The molecule has 2 atom stereocenters. The Hall–Kier alpha value is -6.37. The SMILES string of the molecule is Cc1ccc(N2C(=O)N(C(C(=O)Nc3c(C(C)C)cccc3C(C)C)C(C(=O)Nc3c(C(C)C)cccc3C(C)C)N3C(=O)N(c4ccc(C)c(F)c4)C4(CCCCC4)C3=O)C(=O)C23CCCCC3)c(C)c1. The third-order valence-electron chi connectivity index (χ3n) is 15.9. The summed E-state index contributed by atoms with van der Waals surface area (Å²) in [5, 5.41) is 6.32. The third kappa shape index (κ3) is 8.88. The van der Waals surface area contributed by atoms with Gasteiger partial charge in [-0.05, 0) is 122 Å². The average molecular weight is 981 g/mol. The van der Waals surface area contributed by atoms with Gasteiger partial charge in [-0.25, -0.2) is 23.8 Å². The molecule has 8 rings (SSSR count). The maximum atomic E-state index is 16.3. The molecule has 72 heavy (non-hydrogen) atoms. The minimum absolute atomic E-state index is 0.101. The number of carbonyl (C=O) groups is 6. The van der Waals surface area contributed by atoms with E-state index in [0.29, 0.717) is 48.3 Å². The van der Waals surface area contributed by atoms with Crippen LogP contribution < -0.4 is 20.4 Å². The monoisotopic (exact) mass is 981 g/mol. The lowest BCUT2D eigenvalue weighted by Crippen LogP contribution is -2.65. The maximum Gasteiger partial charge on any atom is 0.333 e. The fraction of sp³-hybridized carbons (Fsp3) is 0.492. The Bertz CT molecular complexity index is 2750. The molecule has 4 aromatic rings. The van der Waals surface area contributed by atoms with Crippen LogP contribution in [0.5, 0.6) is 0 Å². The van der Waals surface area contributed by atoms with Crippen LogP contribution in [0, 0.1) is 26.6 Å². The van der Waals surface area contributed by atoms with E-state index in [1.165, 1.54) is 15.9 Å². The van der Waals surface area contributed by atoms with Gasteiger partial charge in [0, 0.05) is 22.7 Å². The number of amides is 8. The van der Waals surface area contributed by atoms with E-state index < -0.39 is 64.7 Å². The lowest BCUT2D eigenvalue weighted by atomic mass is 9.79. The Labute approximate surface area is 425 Å². The van der Waals surface area contributed by atoms with Crippen LogP contribution in [-0.4, -0.2) is 68.7 Å². The topological polar surface area (TPSA) is 139 Å². The average Bonchev–Trinajstić information content (AvgIpc) is 3.65. The van der Waals surface area contributed by atoms with E-state index >= 15 is 33.2 Å². The molecule has 4 aromatic carbocycles. The van der Waals surface area contributed by atoms with Gasteiger partial charge in [-0.15, -0.1) is 0 Å². The molecular weight excluding hydrogens is 908 g/mol. The summed E-state index contributed by atoms with van der Waals surface area (Å²) in [5.74, 6) is -4.28. The molecule has 8 amide bonds. The van der Waals surface area contributed by atoms with Gasteiger partial charge in [-0.3, -0.25) is 29.0 Å². The molecule has 2 spiro atoms. The van der Waals surface area contributed by atoms with E-state index in [2.05, 4.69) is 10.6 Å². The van der Waals surface area contributed by atoms with Crippen LogP contribution in [0.15, 0.2) is 72.8 Å². The van der Waals surface area contributed by atoms with Crippen molar-refractivity contribution in [2.75, 3.05) is 20.4 Å². The van der Waals surface area contributed by atoms with Crippen molar-refractivity contribution in [2.45, 2.75) is 187 Å². The first kappa shape index (κ1) is 52.0. The minimum atomic E-state index is -2.12. The number of hydrogen-bond donors (Lipinski definition) is 2. The second-order valence-electron chi connectivity index (χ2n) is 22.1. The van der Waals surface area contributed by atoms with Gasteiger partial charge in [0.15, 0.2) is 12.1 Å². The molecule has 2 saturated heterocycles. The van der Waals surface area contributed by atoms with Gasteiger partial charge in [0.25, 0.3) is 11.8 Å². The normalized spacial score (nSPS) is 18.7. The predicted octanol–water partition coefficient (Wildman–Crippen LogP) is 12.9. The van der Waals surface area contributed by atoms with Gasteiger partial charge >= 0.3 is 12.1 Å². The first-order chi connectivity index (χ1) is 34.2. The molecule has 2 saturated carbocycles. The lowest BCUT2D eigenvalue weighted by molar-refractivity contribution is -0.145. The second kappa shape index (κ2) is 20.3. The van der Waals surface area contributed by atoms with Crippen molar-refractivity contribution in [1.82, 2.24) is 9.80 Å². The van der Waals surface area contributed by atoms with Crippen molar-refractivity contribution in [1.29, 1.82) is 0 Å². The van der Waals surface area contributed by atoms with E-state index in [9.17, 15) is 0 Å². The van der Waals surface area contributed by atoms with E-state index in [-0.39, 0.29) is 55.0 Å². The molecule has 2 unspecified atom stereocenters. The fourth-order valence-electron chi connectivity index (χ4n) is 12.1. The summed E-state index contributed by atoms with van der Waals surface area (Å²) >= 11 is 0. The summed E-state index contributed by atoms with van der Waals surface area (Å²) in [5.41, 5.74) is 3.64. The number of urea groups is 2. The summed E-state index contributed by atoms with van der Waals surface area (Å²) in [6.07, 6.45) is 4.92. The van der Waals surface area contributed by atoms with E-state index in [1.54, 1.807) is 19.1 Å². The molecule has 4 fully saturated rings. The Morgan fingerprint density at radius 3 is 1.31 bits per heavy atom. The molecule has 0 bridgehead atoms. The molecule has 0 aromatic heterocycles. The molecule has 12 nitrogen and oxygen atoms in total. The zero-order chi connectivity index (χ0) is 52.1. The van der Waals surface area contributed by atoms with Gasteiger partial charge < -0.3 is 10.6 Å². The van der Waals surface area contributed by atoms with E-state index in [4.69, 9.17) is 0 Å². The number of carbonyl (C=O) groups excluding carboxylic acids is 6. The van der Waals surface area contributed by atoms with Crippen molar-refractivity contribution >= 4 is 58.4 Å². The zero-order valence-corrected chi connectivity index (χ0v) is 44.1. The molecule has 2 N–H and O–H groups in total. The number of nitrogens with one attached hydrogen (secondary N) is 2. The number of para-hydroxylation sites is 2. The first-order valence-corrected chi connectivity index (χ1v) is 26.2. The molecule has 2 aliphatic heterocycles. The summed E-state index contributed by atoms with van der Waals surface area (Å²) in [6, 6.07) is 15.5. The maximum absolute atomic E-state index is 16.3. The Morgan fingerprint density at radius 1 is 0.514 bits per heavy atom. The quantitative estimate of drug-likeness (QED) is 0.128. The van der Waals surface area contributed by atoms with Crippen LogP contribution in [0.3, 0.4) is 0 Å². The zero-order valence-electron chi connectivity index (χ0n) is 44.1. The number of rotatable bonds is 13. The molecule has 382 valence electrons. The van der Waals surface area contributed by atoms with Gasteiger partial charge in [0.2, 0.25) is 11.8 Å². The lowest BCUT2D eigenvalue weighted by Gasteiger charge is -2.39. The molecular formula is C59H73FN6O6. The number of anilines is 4. The highest BCUT2D eigenvalue weighted by atomic mass is 19.1. The van der Waals surface area contributed by atoms with Crippen LogP contribution >= 0.6 is 0 Å². The number of benzene rings is 4. The van der Waals surface area contributed by atoms with Crippen LogP contribution in [-0.2, 0) is 19.2 Å². The molecule has 13 heteroatoms. The molecule has 2 aliphatic carbocycles. The smallest absolute Gasteiger partial charge is 0.324 e. The van der Waals surface area contributed by atoms with Crippen LogP contribution in [0.4, 0.5) is 36.7 Å². The number of nitrogens with zero attached hydrogens (tertiary/aromatic N) is 4. The van der Waals surface area contributed by atoms with Crippen molar-refractivity contribution in [3.05, 3.63) is 118 Å². The van der Waals surface area contributed by atoms with Gasteiger partial charge in [-0.1, -0.05) is 154 Å². The van der Waals surface area contributed by atoms with Crippen LogP contribution in [0.2, 0.25) is 0 Å². The number of imide groups is 2. The highest BCUT2D eigenvalue weighted by molar-refractivity contribution is 6.23. The number of aryl methyl sites for hydroxylation is 3. The fourth-order valence-corrected chi connectivity index (χ4v) is 12.1. The minimum Gasteiger partial charge on any atom is -0.324 e. The van der Waals surface area contributed by atoms with Crippen molar-refractivity contribution < 1.29 is 33.2 Å². The predicted molar refractivity (Wildman–Crippen MR) is 282 cm³/mol. The van der Waals surface area contributed by atoms with Crippen LogP contribution in [0.1, 0.15) is 182 Å². The highest BCUT2D eigenvalue weighted by Gasteiger charge is 2.67. The first-order valence-electron chi connectivity index (χ1n) is 26.2. The summed E-state index contributed by atoms with van der Waals surface area (Å²) in [4.78, 5) is 101. The van der Waals surface area contributed by atoms with Crippen molar-refractivity contribution in [3.63, 3.8) is 0 Å². The van der Waals surface area contributed by atoms with Crippen molar-refractivity contribution in [2.24, 2.45) is 0 Å². The van der Waals surface area contributed by atoms with Crippen LogP contribution in [0.25, 0.3) is 0 Å². The Kier molecular flexibility index (Phi) is 14.6. The summed E-state index contributed by atoms with van der Waals surface area (Å²) in [7, 11) is 0. The number of halogens is 1. The Morgan fingerprint density at radius 2 is 0.917 bits per heavy atom. The second-order valence-corrected chi connectivity index (χ2v) is 22.1. The van der Waals surface area contributed by atoms with Gasteiger partial charge in [0.1, 0.15) is 16.9 Å². The van der Waals surface area contributed by atoms with Gasteiger partial charge in [-0.2, -0.15) is 0 Å². The van der Waals surface area contributed by atoms with Crippen molar-refractivity contribution in [3.8, 4) is 0 Å². The molecule has 2 heterocycles. The molecule has 4 aliphatic rings. The largest absolute Gasteiger partial charge is 0.333 e. The Balaban J connectivity index is 1.43. The summed E-state index contributed by atoms with van der Waals surface area (Å²) < 4.78 is 15.7. The van der Waals surface area contributed by atoms with E-state index in [0.717, 1.165) is 56.0 Å². The third-order valence-corrected chi connectivity index (χ3v) is 15.9. The summed E-state index contributed by atoms with van der Waals surface area (Å²) in [6.45, 7) is 21.4.